The fourth-order valence-corrected chi connectivity index (χ4v) is 4.67. The molecule has 3 saturated carbocycles. The molecule has 2 amide bonds. The molecule has 5 rings (SSSR count). The zero-order valence-corrected chi connectivity index (χ0v) is 14.2. The SMILES string of the molecule is CC(C)NC(=O)[C@@H]1C[C@H]2CC[C@@H]1C[C@@]21NC(=O)c2ccccc2O1. The highest BCUT2D eigenvalue weighted by Gasteiger charge is 2.57. The highest BCUT2D eigenvalue weighted by molar-refractivity contribution is 5.98. The van der Waals surface area contributed by atoms with Gasteiger partial charge in [-0.3, -0.25) is 9.59 Å². The molecule has 128 valence electrons. The molecule has 24 heavy (non-hydrogen) atoms. The lowest BCUT2D eigenvalue weighted by Gasteiger charge is -2.55. The number of rotatable bonds is 2. The Morgan fingerprint density at radius 1 is 1.33 bits per heavy atom. The minimum atomic E-state index is -0.636. The molecule has 1 aliphatic heterocycles. The molecule has 2 N–H and O–H groups in total. The third-order valence-corrected chi connectivity index (χ3v) is 5.73. The molecular formula is C19H24N2O3. The van der Waals surface area contributed by atoms with Gasteiger partial charge in [0, 0.05) is 24.3 Å². The molecule has 5 nitrogen and oxygen atoms in total. The van der Waals surface area contributed by atoms with Crippen molar-refractivity contribution in [1.29, 1.82) is 0 Å². The molecule has 1 aromatic rings. The summed E-state index contributed by atoms with van der Waals surface area (Å²) in [6.45, 7) is 3.98. The van der Waals surface area contributed by atoms with Gasteiger partial charge >= 0.3 is 0 Å². The van der Waals surface area contributed by atoms with E-state index in [0.717, 1.165) is 19.3 Å². The van der Waals surface area contributed by atoms with E-state index in [2.05, 4.69) is 10.6 Å². The Kier molecular flexibility index (Phi) is 3.55. The van der Waals surface area contributed by atoms with Crippen molar-refractivity contribution in [2.75, 3.05) is 0 Å². The number of hydrogen-bond acceptors (Lipinski definition) is 3. The molecule has 4 atom stereocenters. The zero-order valence-electron chi connectivity index (χ0n) is 14.2. The summed E-state index contributed by atoms with van der Waals surface area (Å²) in [7, 11) is 0. The molecule has 0 radical (unpaired) electrons. The Labute approximate surface area is 142 Å². The standard InChI is InChI=1S/C19H24N2O3/c1-11(2)20-17(22)15-9-13-8-7-12(15)10-19(13)21-18(23)14-5-3-4-6-16(14)24-19/h3-6,11-13,15H,7-10H2,1-2H3,(H,20,22)(H,21,23)/t12-,13-,15-,19+/m1/s1. The summed E-state index contributed by atoms with van der Waals surface area (Å²) in [4.78, 5) is 25.0. The van der Waals surface area contributed by atoms with Crippen LogP contribution in [-0.2, 0) is 4.79 Å². The van der Waals surface area contributed by atoms with Gasteiger partial charge in [0.05, 0.1) is 5.56 Å². The summed E-state index contributed by atoms with van der Waals surface area (Å²) in [5, 5.41) is 6.17. The highest BCUT2D eigenvalue weighted by atomic mass is 16.5. The Bertz CT molecular complexity index is 687. The number of benzene rings is 1. The second kappa shape index (κ2) is 5.50. The van der Waals surface area contributed by atoms with Crippen LogP contribution in [0, 0.1) is 17.8 Å². The summed E-state index contributed by atoms with van der Waals surface area (Å²) in [5.41, 5.74) is -0.0400. The van der Waals surface area contributed by atoms with Gasteiger partial charge in [-0.25, -0.2) is 0 Å². The van der Waals surface area contributed by atoms with Crippen LogP contribution in [0.3, 0.4) is 0 Å². The highest BCUT2D eigenvalue weighted by Crippen LogP contribution is 2.52. The lowest BCUT2D eigenvalue weighted by atomic mass is 9.60. The van der Waals surface area contributed by atoms with E-state index in [1.54, 1.807) is 6.07 Å². The summed E-state index contributed by atoms with van der Waals surface area (Å²) >= 11 is 0. The van der Waals surface area contributed by atoms with Crippen LogP contribution in [0.4, 0.5) is 0 Å². The average Bonchev–Trinajstić information content (AvgIpc) is 2.54. The third-order valence-electron chi connectivity index (χ3n) is 5.73. The summed E-state index contributed by atoms with van der Waals surface area (Å²) < 4.78 is 6.31. The zero-order chi connectivity index (χ0) is 16.9. The van der Waals surface area contributed by atoms with Crippen LogP contribution in [0.1, 0.15) is 49.9 Å². The van der Waals surface area contributed by atoms with Crippen molar-refractivity contribution >= 4 is 11.8 Å². The number of fused-ring (bicyclic) bond motifs is 3. The second-order valence-corrected chi connectivity index (χ2v) is 7.69. The Hall–Kier alpha value is -2.04. The maximum Gasteiger partial charge on any atom is 0.258 e. The predicted octanol–water partition coefficient (Wildman–Crippen LogP) is 2.47. The van der Waals surface area contributed by atoms with E-state index in [0.29, 0.717) is 17.7 Å². The van der Waals surface area contributed by atoms with Crippen LogP contribution in [0.15, 0.2) is 24.3 Å². The molecule has 2 bridgehead atoms. The van der Waals surface area contributed by atoms with Gasteiger partial charge in [-0.15, -0.1) is 0 Å². The van der Waals surface area contributed by atoms with Gasteiger partial charge in [-0.2, -0.15) is 0 Å². The molecule has 1 aromatic carbocycles. The first-order valence-corrected chi connectivity index (χ1v) is 8.89. The Morgan fingerprint density at radius 2 is 2.12 bits per heavy atom. The van der Waals surface area contributed by atoms with E-state index >= 15 is 0 Å². The Morgan fingerprint density at radius 3 is 2.83 bits per heavy atom. The first-order valence-electron chi connectivity index (χ1n) is 8.89. The van der Waals surface area contributed by atoms with E-state index in [9.17, 15) is 9.59 Å². The second-order valence-electron chi connectivity index (χ2n) is 7.69. The lowest BCUT2D eigenvalue weighted by molar-refractivity contribution is -0.147. The van der Waals surface area contributed by atoms with Crippen LogP contribution in [0.2, 0.25) is 0 Å². The Balaban J connectivity index is 1.58. The number of para-hydroxylation sites is 1. The topological polar surface area (TPSA) is 67.4 Å². The van der Waals surface area contributed by atoms with Gasteiger partial charge in [-0.05, 0) is 51.2 Å². The molecule has 5 heteroatoms. The largest absolute Gasteiger partial charge is 0.467 e. The molecule has 3 fully saturated rings. The molecular weight excluding hydrogens is 304 g/mol. The van der Waals surface area contributed by atoms with E-state index in [1.165, 1.54) is 0 Å². The normalized spacial score (nSPS) is 33.8. The van der Waals surface area contributed by atoms with Crippen LogP contribution < -0.4 is 15.4 Å². The maximum atomic E-state index is 12.5. The molecule has 1 spiro atoms. The minimum Gasteiger partial charge on any atom is -0.467 e. The maximum absolute atomic E-state index is 12.5. The first kappa shape index (κ1) is 15.5. The fraction of sp³-hybridized carbons (Fsp3) is 0.579. The van der Waals surface area contributed by atoms with Crippen molar-refractivity contribution in [3.8, 4) is 5.75 Å². The quantitative estimate of drug-likeness (QED) is 0.876. The van der Waals surface area contributed by atoms with E-state index in [4.69, 9.17) is 4.74 Å². The van der Waals surface area contributed by atoms with Gasteiger partial charge in [0.1, 0.15) is 5.75 Å². The fourth-order valence-electron chi connectivity index (χ4n) is 4.67. The number of carbonyl (C=O) groups excluding carboxylic acids is 2. The third kappa shape index (κ3) is 2.38. The van der Waals surface area contributed by atoms with Crippen LogP contribution >= 0.6 is 0 Å². The van der Waals surface area contributed by atoms with Gasteiger partial charge < -0.3 is 15.4 Å². The van der Waals surface area contributed by atoms with E-state index < -0.39 is 5.72 Å². The van der Waals surface area contributed by atoms with Crippen molar-refractivity contribution in [2.45, 2.75) is 51.3 Å². The monoisotopic (exact) mass is 328 g/mol. The van der Waals surface area contributed by atoms with Crippen molar-refractivity contribution in [2.24, 2.45) is 17.8 Å². The molecule has 3 aliphatic carbocycles. The number of ether oxygens (including phenoxy) is 1. The van der Waals surface area contributed by atoms with E-state index in [-0.39, 0.29) is 35.6 Å². The van der Waals surface area contributed by atoms with Crippen molar-refractivity contribution in [3.05, 3.63) is 29.8 Å². The predicted molar refractivity (Wildman–Crippen MR) is 89.5 cm³/mol. The number of hydrogen-bond donors (Lipinski definition) is 2. The van der Waals surface area contributed by atoms with Gasteiger partial charge in [-0.1, -0.05) is 12.1 Å². The van der Waals surface area contributed by atoms with Crippen molar-refractivity contribution in [3.63, 3.8) is 0 Å². The molecule has 0 aromatic heterocycles. The summed E-state index contributed by atoms with van der Waals surface area (Å²) in [6, 6.07) is 7.55. The number of amides is 2. The molecule has 0 unspecified atom stereocenters. The molecule has 1 heterocycles. The van der Waals surface area contributed by atoms with Gasteiger partial charge in [0.15, 0.2) is 5.72 Å². The van der Waals surface area contributed by atoms with Gasteiger partial charge in [0.2, 0.25) is 5.91 Å². The lowest BCUT2D eigenvalue weighted by Crippen LogP contribution is -2.67. The van der Waals surface area contributed by atoms with Crippen molar-refractivity contribution < 1.29 is 14.3 Å². The summed E-state index contributed by atoms with van der Waals surface area (Å²) in [5.74, 6) is 1.23. The van der Waals surface area contributed by atoms with Crippen LogP contribution in [0.25, 0.3) is 0 Å². The van der Waals surface area contributed by atoms with Crippen LogP contribution in [0.5, 0.6) is 5.75 Å². The van der Waals surface area contributed by atoms with Crippen LogP contribution in [-0.4, -0.2) is 23.6 Å². The molecule has 0 saturated heterocycles. The smallest absolute Gasteiger partial charge is 0.258 e. The van der Waals surface area contributed by atoms with E-state index in [1.807, 2.05) is 32.0 Å². The number of carbonyl (C=O) groups is 2. The first-order chi connectivity index (χ1) is 11.5. The number of nitrogens with one attached hydrogen (secondary N) is 2. The summed E-state index contributed by atoms with van der Waals surface area (Å²) in [6.07, 6.45) is 3.53. The minimum absolute atomic E-state index is 0.0365. The van der Waals surface area contributed by atoms with Gasteiger partial charge in [0.25, 0.3) is 5.91 Å². The van der Waals surface area contributed by atoms with Crippen molar-refractivity contribution in [1.82, 2.24) is 10.6 Å². The molecule has 4 aliphatic rings. The average molecular weight is 328 g/mol.